The molecule has 1 saturated heterocycles. The summed E-state index contributed by atoms with van der Waals surface area (Å²) in [6.45, 7) is 6.70. The standard InChI is InChI=1S/C21H26N4O3/c1-3-28-19-9-7-18(8-10-19)25(17(2)26)16-21(27)24-14-12-23(13-15-24)20-6-4-5-11-22-20/h4-11H,3,12-16H2,1-2H3. The largest absolute Gasteiger partial charge is 0.494 e. The highest BCUT2D eigenvalue weighted by Crippen LogP contribution is 2.20. The normalized spacial score (nSPS) is 13.9. The lowest BCUT2D eigenvalue weighted by atomic mass is 10.2. The Bertz CT molecular complexity index is 787. The molecule has 0 aliphatic carbocycles. The highest BCUT2D eigenvalue weighted by Gasteiger charge is 2.24. The quantitative estimate of drug-likeness (QED) is 0.766. The summed E-state index contributed by atoms with van der Waals surface area (Å²) in [5.74, 6) is 1.45. The van der Waals surface area contributed by atoms with Gasteiger partial charge in [-0.15, -0.1) is 0 Å². The molecule has 0 radical (unpaired) electrons. The van der Waals surface area contributed by atoms with E-state index in [1.807, 2.05) is 42.2 Å². The van der Waals surface area contributed by atoms with Crippen molar-refractivity contribution in [1.82, 2.24) is 9.88 Å². The molecule has 7 heteroatoms. The lowest BCUT2D eigenvalue weighted by molar-refractivity contribution is -0.131. The number of carbonyl (C=O) groups is 2. The number of hydrogen-bond donors (Lipinski definition) is 0. The number of ether oxygens (including phenoxy) is 1. The predicted octanol–water partition coefficient (Wildman–Crippen LogP) is 2.18. The topological polar surface area (TPSA) is 66.0 Å². The third-order valence-electron chi connectivity index (χ3n) is 4.74. The molecule has 2 aromatic rings. The third-order valence-corrected chi connectivity index (χ3v) is 4.74. The number of aromatic nitrogens is 1. The van der Waals surface area contributed by atoms with Crippen LogP contribution in [0.3, 0.4) is 0 Å². The van der Waals surface area contributed by atoms with Crippen LogP contribution in [0, 0.1) is 0 Å². The Morgan fingerprint density at radius 3 is 2.36 bits per heavy atom. The van der Waals surface area contributed by atoms with Crippen LogP contribution in [-0.2, 0) is 9.59 Å². The molecule has 1 fully saturated rings. The fourth-order valence-corrected chi connectivity index (χ4v) is 3.23. The SMILES string of the molecule is CCOc1ccc(N(CC(=O)N2CCN(c3ccccn3)CC2)C(C)=O)cc1. The van der Waals surface area contributed by atoms with Crippen molar-refractivity contribution >= 4 is 23.3 Å². The first kappa shape index (κ1) is 19.7. The molecule has 3 rings (SSSR count). The summed E-state index contributed by atoms with van der Waals surface area (Å²) in [5.41, 5.74) is 0.691. The Kier molecular flexibility index (Phi) is 6.47. The Morgan fingerprint density at radius 1 is 1.07 bits per heavy atom. The highest BCUT2D eigenvalue weighted by atomic mass is 16.5. The molecule has 0 unspecified atom stereocenters. The number of anilines is 2. The molecule has 1 aliphatic rings. The van der Waals surface area contributed by atoms with Crippen LogP contribution in [0.1, 0.15) is 13.8 Å². The van der Waals surface area contributed by atoms with Crippen molar-refractivity contribution in [1.29, 1.82) is 0 Å². The Hall–Kier alpha value is -3.09. The first-order chi connectivity index (χ1) is 13.6. The molecule has 28 heavy (non-hydrogen) atoms. The molecule has 7 nitrogen and oxygen atoms in total. The van der Waals surface area contributed by atoms with Crippen molar-refractivity contribution in [2.45, 2.75) is 13.8 Å². The van der Waals surface area contributed by atoms with Crippen LogP contribution in [0.4, 0.5) is 11.5 Å². The molecule has 0 saturated carbocycles. The minimum absolute atomic E-state index is 0.0346. The second kappa shape index (κ2) is 9.21. The number of amides is 2. The number of carbonyl (C=O) groups excluding carboxylic acids is 2. The molecular weight excluding hydrogens is 356 g/mol. The van der Waals surface area contributed by atoms with Gasteiger partial charge < -0.3 is 19.4 Å². The van der Waals surface area contributed by atoms with Crippen molar-refractivity contribution < 1.29 is 14.3 Å². The molecule has 1 aromatic heterocycles. The number of benzene rings is 1. The Labute approximate surface area is 165 Å². The van der Waals surface area contributed by atoms with Gasteiger partial charge in [-0.05, 0) is 43.3 Å². The second-order valence-electron chi connectivity index (χ2n) is 6.59. The summed E-state index contributed by atoms with van der Waals surface area (Å²) < 4.78 is 5.44. The Balaban J connectivity index is 1.59. The zero-order chi connectivity index (χ0) is 19.9. The van der Waals surface area contributed by atoms with Crippen molar-refractivity contribution in [3.63, 3.8) is 0 Å². The lowest BCUT2D eigenvalue weighted by Gasteiger charge is -2.36. The summed E-state index contributed by atoms with van der Waals surface area (Å²) in [6, 6.07) is 13.1. The monoisotopic (exact) mass is 382 g/mol. The van der Waals surface area contributed by atoms with Crippen LogP contribution in [0.15, 0.2) is 48.7 Å². The van der Waals surface area contributed by atoms with Crippen molar-refractivity contribution in [2.75, 3.05) is 49.1 Å². The summed E-state index contributed by atoms with van der Waals surface area (Å²) in [7, 11) is 0. The van der Waals surface area contributed by atoms with Gasteiger partial charge in [-0.3, -0.25) is 9.59 Å². The first-order valence-corrected chi connectivity index (χ1v) is 9.53. The van der Waals surface area contributed by atoms with E-state index in [0.717, 1.165) is 24.7 Å². The van der Waals surface area contributed by atoms with Gasteiger partial charge in [0.15, 0.2) is 0 Å². The zero-order valence-electron chi connectivity index (χ0n) is 16.4. The second-order valence-corrected chi connectivity index (χ2v) is 6.59. The molecule has 2 heterocycles. The van der Waals surface area contributed by atoms with Gasteiger partial charge in [-0.25, -0.2) is 4.98 Å². The van der Waals surface area contributed by atoms with E-state index in [1.165, 1.54) is 11.8 Å². The van der Waals surface area contributed by atoms with Crippen molar-refractivity contribution in [3.8, 4) is 5.75 Å². The molecule has 148 valence electrons. The van der Waals surface area contributed by atoms with Crippen LogP contribution in [0.25, 0.3) is 0 Å². The molecular formula is C21H26N4O3. The smallest absolute Gasteiger partial charge is 0.242 e. The van der Waals surface area contributed by atoms with E-state index in [4.69, 9.17) is 4.74 Å². The van der Waals surface area contributed by atoms with E-state index < -0.39 is 0 Å². The Morgan fingerprint density at radius 2 is 1.79 bits per heavy atom. The maximum atomic E-state index is 12.8. The van der Waals surface area contributed by atoms with Gasteiger partial charge in [0.25, 0.3) is 0 Å². The van der Waals surface area contributed by atoms with Gasteiger partial charge in [0.1, 0.15) is 18.1 Å². The predicted molar refractivity (Wildman–Crippen MR) is 109 cm³/mol. The number of rotatable bonds is 6. The molecule has 1 aromatic carbocycles. The van der Waals surface area contributed by atoms with E-state index in [-0.39, 0.29) is 18.4 Å². The van der Waals surface area contributed by atoms with Gasteiger partial charge in [0, 0.05) is 45.0 Å². The van der Waals surface area contributed by atoms with E-state index in [1.54, 1.807) is 18.3 Å². The van der Waals surface area contributed by atoms with Crippen LogP contribution >= 0.6 is 0 Å². The van der Waals surface area contributed by atoms with E-state index in [2.05, 4.69) is 9.88 Å². The van der Waals surface area contributed by atoms with Gasteiger partial charge in [0.2, 0.25) is 11.8 Å². The van der Waals surface area contributed by atoms with Crippen LogP contribution in [0.2, 0.25) is 0 Å². The van der Waals surface area contributed by atoms with E-state index in [0.29, 0.717) is 25.4 Å². The van der Waals surface area contributed by atoms with E-state index in [9.17, 15) is 9.59 Å². The number of pyridine rings is 1. The number of piperazine rings is 1. The van der Waals surface area contributed by atoms with Crippen molar-refractivity contribution in [3.05, 3.63) is 48.7 Å². The zero-order valence-corrected chi connectivity index (χ0v) is 16.4. The molecule has 0 atom stereocenters. The minimum atomic E-state index is -0.162. The molecule has 1 aliphatic heterocycles. The summed E-state index contributed by atoms with van der Waals surface area (Å²) in [6.07, 6.45) is 1.77. The summed E-state index contributed by atoms with van der Waals surface area (Å²) in [5, 5.41) is 0. The highest BCUT2D eigenvalue weighted by molar-refractivity contribution is 5.97. The van der Waals surface area contributed by atoms with Crippen LogP contribution < -0.4 is 14.5 Å². The van der Waals surface area contributed by atoms with Gasteiger partial charge in [-0.2, -0.15) is 0 Å². The molecule has 0 spiro atoms. The number of hydrogen-bond acceptors (Lipinski definition) is 5. The third kappa shape index (κ3) is 4.79. The minimum Gasteiger partial charge on any atom is -0.494 e. The van der Waals surface area contributed by atoms with Gasteiger partial charge >= 0.3 is 0 Å². The maximum Gasteiger partial charge on any atom is 0.242 e. The maximum absolute atomic E-state index is 12.8. The fraction of sp³-hybridized carbons (Fsp3) is 0.381. The summed E-state index contributed by atoms with van der Waals surface area (Å²) >= 11 is 0. The average molecular weight is 382 g/mol. The number of nitrogens with zero attached hydrogens (tertiary/aromatic N) is 4. The van der Waals surface area contributed by atoms with E-state index >= 15 is 0 Å². The molecule has 0 bridgehead atoms. The fourth-order valence-electron chi connectivity index (χ4n) is 3.23. The van der Waals surface area contributed by atoms with Gasteiger partial charge in [-0.1, -0.05) is 6.07 Å². The average Bonchev–Trinajstić information content (AvgIpc) is 2.73. The van der Waals surface area contributed by atoms with Crippen molar-refractivity contribution in [2.24, 2.45) is 0 Å². The molecule has 2 amide bonds. The molecule has 0 N–H and O–H groups in total. The van der Waals surface area contributed by atoms with Crippen LogP contribution in [0.5, 0.6) is 5.75 Å². The lowest BCUT2D eigenvalue weighted by Crippen LogP contribution is -2.52. The van der Waals surface area contributed by atoms with Gasteiger partial charge in [0.05, 0.1) is 6.61 Å². The first-order valence-electron chi connectivity index (χ1n) is 9.53. The summed E-state index contributed by atoms with van der Waals surface area (Å²) in [4.78, 5) is 34.7. The van der Waals surface area contributed by atoms with Crippen LogP contribution in [-0.4, -0.2) is 61.0 Å².